The lowest BCUT2D eigenvalue weighted by Gasteiger charge is -2.29. The molecule has 1 aliphatic rings. The van der Waals surface area contributed by atoms with Gasteiger partial charge in [-0.3, -0.25) is 9.59 Å². The summed E-state index contributed by atoms with van der Waals surface area (Å²) in [5.41, 5.74) is 0. The second-order valence-corrected chi connectivity index (χ2v) is 6.98. The van der Waals surface area contributed by atoms with E-state index in [2.05, 4.69) is 13.0 Å². The predicted octanol–water partition coefficient (Wildman–Crippen LogP) is 2.91. The molecule has 0 spiro atoms. The van der Waals surface area contributed by atoms with Gasteiger partial charge in [0.2, 0.25) is 5.91 Å². The van der Waals surface area contributed by atoms with Crippen molar-refractivity contribution in [2.24, 2.45) is 11.8 Å². The summed E-state index contributed by atoms with van der Waals surface area (Å²) in [6, 6.07) is 4.10. The lowest BCUT2D eigenvalue weighted by Crippen LogP contribution is -2.36. The Balaban J connectivity index is 1.94. The Bertz CT molecular complexity index is 497. The molecule has 0 aliphatic heterocycles. The maximum Gasteiger partial charge on any atom is 0.306 e. The molecule has 4 nitrogen and oxygen atoms in total. The first kappa shape index (κ1) is 15.0. The summed E-state index contributed by atoms with van der Waals surface area (Å²) < 4.78 is 0. The average molecular weight is 295 g/mol. The van der Waals surface area contributed by atoms with E-state index >= 15 is 0 Å². The Hall–Kier alpha value is -1.36. The van der Waals surface area contributed by atoms with Crippen molar-refractivity contribution in [3.8, 4) is 0 Å². The Morgan fingerprint density at radius 1 is 1.35 bits per heavy atom. The zero-order valence-corrected chi connectivity index (χ0v) is 12.8. The van der Waals surface area contributed by atoms with Gasteiger partial charge in [0.25, 0.3) is 0 Å². The number of carboxylic acids is 1. The lowest BCUT2D eigenvalue weighted by atomic mass is 9.81. The summed E-state index contributed by atoms with van der Waals surface area (Å²) in [5, 5.41) is 9.09. The molecule has 1 heterocycles. The minimum Gasteiger partial charge on any atom is -0.481 e. The Kier molecular flexibility index (Phi) is 4.81. The first-order valence-electron chi connectivity index (χ1n) is 7.00. The van der Waals surface area contributed by atoms with Crippen molar-refractivity contribution in [2.75, 3.05) is 7.05 Å². The van der Waals surface area contributed by atoms with Gasteiger partial charge < -0.3 is 10.0 Å². The van der Waals surface area contributed by atoms with E-state index < -0.39 is 5.97 Å². The molecule has 0 radical (unpaired) electrons. The van der Waals surface area contributed by atoms with Crippen LogP contribution in [0.25, 0.3) is 0 Å². The number of hydrogen-bond donors (Lipinski definition) is 1. The lowest BCUT2D eigenvalue weighted by molar-refractivity contribution is -0.145. The van der Waals surface area contributed by atoms with Crippen molar-refractivity contribution in [1.82, 2.24) is 4.90 Å². The average Bonchev–Trinajstić information content (AvgIpc) is 2.83. The molecular formula is C15H21NO3S. The molecule has 1 aromatic rings. The minimum atomic E-state index is -0.765. The van der Waals surface area contributed by atoms with Crippen LogP contribution in [0.2, 0.25) is 0 Å². The van der Waals surface area contributed by atoms with Crippen LogP contribution in [0.3, 0.4) is 0 Å². The van der Waals surface area contributed by atoms with E-state index in [-0.39, 0.29) is 17.7 Å². The number of aliphatic carboxylic acids is 1. The molecule has 1 aliphatic carbocycles. The molecule has 1 aromatic heterocycles. The smallest absolute Gasteiger partial charge is 0.306 e. The van der Waals surface area contributed by atoms with Gasteiger partial charge in [-0.15, -0.1) is 11.3 Å². The van der Waals surface area contributed by atoms with Gasteiger partial charge in [0.05, 0.1) is 12.5 Å². The topological polar surface area (TPSA) is 57.6 Å². The van der Waals surface area contributed by atoms with Gasteiger partial charge in [-0.25, -0.2) is 0 Å². The predicted molar refractivity (Wildman–Crippen MR) is 78.6 cm³/mol. The number of nitrogens with zero attached hydrogens (tertiary/aromatic N) is 1. The van der Waals surface area contributed by atoms with E-state index in [1.807, 2.05) is 13.1 Å². The molecule has 2 atom stereocenters. The van der Waals surface area contributed by atoms with Gasteiger partial charge in [-0.2, -0.15) is 0 Å². The summed E-state index contributed by atoms with van der Waals surface area (Å²) >= 11 is 1.70. The van der Waals surface area contributed by atoms with E-state index in [0.29, 0.717) is 19.4 Å². The highest BCUT2D eigenvalue weighted by atomic mass is 32.1. The summed E-state index contributed by atoms with van der Waals surface area (Å²) in [5.74, 6) is -1.16. The second-order valence-electron chi connectivity index (χ2n) is 5.61. The number of carboxylic acid groups (broad SMARTS) is 1. The first-order valence-corrected chi connectivity index (χ1v) is 7.82. The third kappa shape index (κ3) is 3.60. The molecular weight excluding hydrogens is 274 g/mol. The van der Waals surface area contributed by atoms with E-state index in [4.69, 9.17) is 5.11 Å². The summed E-state index contributed by atoms with van der Waals surface area (Å²) in [7, 11) is 1.81. The quantitative estimate of drug-likeness (QED) is 0.929. The van der Waals surface area contributed by atoms with Crippen molar-refractivity contribution >= 4 is 23.2 Å². The molecule has 1 fully saturated rings. The number of thiophene rings is 1. The van der Waals surface area contributed by atoms with Gasteiger partial charge in [0.15, 0.2) is 0 Å². The number of hydrogen-bond acceptors (Lipinski definition) is 3. The molecule has 0 saturated heterocycles. The largest absolute Gasteiger partial charge is 0.481 e. The fourth-order valence-electron chi connectivity index (χ4n) is 2.83. The van der Waals surface area contributed by atoms with Crippen LogP contribution in [-0.4, -0.2) is 28.9 Å². The minimum absolute atomic E-state index is 0.0852. The monoisotopic (exact) mass is 295 g/mol. The third-order valence-electron chi connectivity index (χ3n) is 3.94. The third-order valence-corrected chi connectivity index (χ3v) is 4.92. The van der Waals surface area contributed by atoms with Gasteiger partial charge in [0.1, 0.15) is 0 Å². The Labute approximate surface area is 123 Å². The van der Waals surface area contributed by atoms with E-state index in [0.717, 1.165) is 12.8 Å². The van der Waals surface area contributed by atoms with Gasteiger partial charge in [-0.05, 0) is 38.3 Å². The van der Waals surface area contributed by atoms with Crippen LogP contribution in [0.15, 0.2) is 12.1 Å². The first-order chi connectivity index (χ1) is 9.47. The molecule has 20 heavy (non-hydrogen) atoms. The molecule has 1 N–H and O–H groups in total. The molecule has 5 heteroatoms. The number of carbonyl (C=O) groups excluding carboxylic acids is 1. The van der Waals surface area contributed by atoms with E-state index in [1.165, 1.54) is 9.75 Å². The number of aryl methyl sites for hydroxylation is 1. The van der Waals surface area contributed by atoms with E-state index in [1.54, 1.807) is 16.2 Å². The fourth-order valence-corrected chi connectivity index (χ4v) is 3.78. The normalized spacial score (nSPS) is 22.5. The van der Waals surface area contributed by atoms with Crippen LogP contribution < -0.4 is 0 Å². The molecule has 1 saturated carbocycles. The number of rotatable bonds is 4. The van der Waals surface area contributed by atoms with Crippen LogP contribution in [0, 0.1) is 18.8 Å². The summed E-state index contributed by atoms with van der Waals surface area (Å²) in [4.78, 5) is 27.6. The highest BCUT2D eigenvalue weighted by Crippen LogP contribution is 2.30. The zero-order valence-electron chi connectivity index (χ0n) is 12.0. The van der Waals surface area contributed by atoms with Crippen molar-refractivity contribution < 1.29 is 14.7 Å². The van der Waals surface area contributed by atoms with Gasteiger partial charge in [0, 0.05) is 22.7 Å². The molecule has 0 bridgehead atoms. The zero-order chi connectivity index (χ0) is 14.7. The van der Waals surface area contributed by atoms with Crippen molar-refractivity contribution in [2.45, 2.75) is 39.2 Å². The molecule has 1 amide bonds. The molecule has 0 aromatic carbocycles. The second kappa shape index (κ2) is 6.39. The van der Waals surface area contributed by atoms with Crippen LogP contribution in [0.1, 0.15) is 35.4 Å². The summed E-state index contributed by atoms with van der Waals surface area (Å²) in [6.45, 7) is 2.67. The number of carbonyl (C=O) groups is 2. The van der Waals surface area contributed by atoms with Crippen LogP contribution in [0.4, 0.5) is 0 Å². The van der Waals surface area contributed by atoms with Crippen molar-refractivity contribution in [3.05, 3.63) is 21.9 Å². The standard InChI is InChI=1S/C15H21NO3S/c1-10-6-7-13(20-10)9-16(2)14(17)11-4-3-5-12(8-11)15(18)19/h6-7,11-12H,3-5,8-9H2,1-2H3,(H,18,19). The van der Waals surface area contributed by atoms with Crippen LogP contribution in [-0.2, 0) is 16.1 Å². The van der Waals surface area contributed by atoms with Crippen LogP contribution >= 0.6 is 11.3 Å². The molecule has 2 rings (SSSR count). The highest BCUT2D eigenvalue weighted by Gasteiger charge is 2.32. The van der Waals surface area contributed by atoms with Crippen molar-refractivity contribution in [1.29, 1.82) is 0 Å². The van der Waals surface area contributed by atoms with Crippen molar-refractivity contribution in [3.63, 3.8) is 0 Å². The Morgan fingerprint density at radius 3 is 2.65 bits per heavy atom. The maximum atomic E-state index is 12.4. The SMILES string of the molecule is Cc1ccc(CN(C)C(=O)C2CCCC(C(=O)O)C2)s1. The Morgan fingerprint density at radius 2 is 2.05 bits per heavy atom. The highest BCUT2D eigenvalue weighted by molar-refractivity contribution is 7.11. The maximum absolute atomic E-state index is 12.4. The van der Waals surface area contributed by atoms with Gasteiger partial charge >= 0.3 is 5.97 Å². The number of amides is 1. The molecule has 2 unspecified atom stereocenters. The summed E-state index contributed by atoms with van der Waals surface area (Å²) in [6.07, 6.45) is 2.84. The fraction of sp³-hybridized carbons (Fsp3) is 0.600. The van der Waals surface area contributed by atoms with E-state index in [9.17, 15) is 9.59 Å². The van der Waals surface area contributed by atoms with Gasteiger partial charge in [-0.1, -0.05) is 6.42 Å². The van der Waals surface area contributed by atoms with Crippen LogP contribution in [0.5, 0.6) is 0 Å². The molecule has 110 valence electrons.